The maximum absolute atomic E-state index is 13.7. The Labute approximate surface area is 147 Å². The summed E-state index contributed by atoms with van der Waals surface area (Å²) in [5.74, 6) is 1.45. The highest BCUT2D eigenvalue weighted by Gasteiger charge is 2.27. The summed E-state index contributed by atoms with van der Waals surface area (Å²) < 4.78 is 24.1. The van der Waals surface area contributed by atoms with E-state index >= 15 is 0 Å². The molecule has 0 radical (unpaired) electrons. The Balaban J connectivity index is 1.92. The summed E-state index contributed by atoms with van der Waals surface area (Å²) in [5.41, 5.74) is 1.51. The monoisotopic (exact) mass is 352 g/mol. The minimum Gasteiger partial charge on any atom is -0.450 e. The zero-order chi connectivity index (χ0) is 17.8. The van der Waals surface area contributed by atoms with Crippen molar-refractivity contribution < 1.29 is 18.7 Å². The van der Waals surface area contributed by atoms with E-state index in [-0.39, 0.29) is 13.2 Å². The summed E-state index contributed by atoms with van der Waals surface area (Å²) in [4.78, 5) is 20.7. The zero-order valence-electron chi connectivity index (χ0n) is 14.8. The molecule has 0 aliphatic carbocycles. The summed E-state index contributed by atoms with van der Waals surface area (Å²) in [6, 6.07) is 1.88. The lowest BCUT2D eigenvalue weighted by Gasteiger charge is -2.31. The summed E-state index contributed by atoms with van der Waals surface area (Å²) in [6.07, 6.45) is -0.924. The standard InChI is InChI=1S/C17H25FN4O3/c1-3-25-17(23)19-14-10-12(2)15(21-6-8-24-9-7-21)20-16(14)22-5-4-13(18)11-22/h10,13H,3-9,11H2,1-2H3,(H,19,23). The number of anilines is 3. The average Bonchev–Trinajstić information content (AvgIpc) is 3.02. The van der Waals surface area contributed by atoms with Gasteiger partial charge in [-0.2, -0.15) is 0 Å². The zero-order valence-corrected chi connectivity index (χ0v) is 14.8. The van der Waals surface area contributed by atoms with Crippen LogP contribution in [-0.4, -0.2) is 63.2 Å². The van der Waals surface area contributed by atoms with Crippen molar-refractivity contribution in [2.75, 3.05) is 61.1 Å². The van der Waals surface area contributed by atoms with E-state index in [1.807, 2.05) is 17.9 Å². The smallest absolute Gasteiger partial charge is 0.411 e. The Morgan fingerprint density at radius 3 is 2.76 bits per heavy atom. The van der Waals surface area contributed by atoms with E-state index in [1.165, 1.54) is 0 Å². The number of nitrogens with zero attached hydrogens (tertiary/aromatic N) is 3. The molecule has 25 heavy (non-hydrogen) atoms. The van der Waals surface area contributed by atoms with Gasteiger partial charge >= 0.3 is 6.09 Å². The second kappa shape index (κ2) is 7.86. The minimum atomic E-state index is -0.870. The van der Waals surface area contributed by atoms with Gasteiger partial charge in [0.15, 0.2) is 5.82 Å². The number of rotatable bonds is 4. The van der Waals surface area contributed by atoms with E-state index in [4.69, 9.17) is 14.5 Å². The molecule has 3 heterocycles. The van der Waals surface area contributed by atoms with Crippen molar-refractivity contribution in [3.8, 4) is 0 Å². The van der Waals surface area contributed by atoms with Crippen molar-refractivity contribution in [3.63, 3.8) is 0 Å². The normalized spacial score (nSPS) is 20.7. The highest BCUT2D eigenvalue weighted by atomic mass is 19.1. The fourth-order valence-corrected chi connectivity index (χ4v) is 3.21. The molecule has 1 aromatic heterocycles. The van der Waals surface area contributed by atoms with Crippen LogP contribution in [0, 0.1) is 6.92 Å². The van der Waals surface area contributed by atoms with Crippen molar-refractivity contribution in [1.82, 2.24) is 4.98 Å². The summed E-state index contributed by atoms with van der Waals surface area (Å²) in [5, 5.41) is 2.74. The lowest BCUT2D eigenvalue weighted by molar-refractivity contribution is 0.122. The van der Waals surface area contributed by atoms with Crippen LogP contribution in [0.15, 0.2) is 6.07 Å². The minimum absolute atomic E-state index is 0.287. The van der Waals surface area contributed by atoms with Gasteiger partial charge in [0.2, 0.25) is 0 Å². The molecule has 1 aromatic rings. The van der Waals surface area contributed by atoms with Gasteiger partial charge < -0.3 is 19.3 Å². The maximum Gasteiger partial charge on any atom is 0.411 e. The molecule has 2 saturated heterocycles. The van der Waals surface area contributed by atoms with Crippen molar-refractivity contribution in [2.24, 2.45) is 0 Å². The SMILES string of the molecule is CCOC(=O)Nc1cc(C)c(N2CCOCC2)nc1N1CCC(F)C1. The summed E-state index contributed by atoms with van der Waals surface area (Å²) >= 11 is 0. The molecule has 0 spiro atoms. The van der Waals surface area contributed by atoms with E-state index in [2.05, 4.69) is 10.2 Å². The van der Waals surface area contributed by atoms with Crippen LogP contribution in [-0.2, 0) is 9.47 Å². The Morgan fingerprint density at radius 1 is 1.36 bits per heavy atom. The van der Waals surface area contributed by atoms with Gasteiger partial charge in [-0.05, 0) is 31.9 Å². The number of amides is 1. The molecule has 138 valence electrons. The molecular weight excluding hydrogens is 327 g/mol. The molecule has 3 rings (SSSR count). The van der Waals surface area contributed by atoms with Crippen LogP contribution in [0.4, 0.5) is 26.5 Å². The molecule has 2 fully saturated rings. The molecule has 8 heteroatoms. The topological polar surface area (TPSA) is 66.9 Å². The first-order valence-corrected chi connectivity index (χ1v) is 8.75. The highest BCUT2D eigenvalue weighted by Crippen LogP contribution is 2.33. The number of morpholine rings is 1. The number of hydrogen-bond donors (Lipinski definition) is 1. The average molecular weight is 352 g/mol. The third-order valence-electron chi connectivity index (χ3n) is 4.42. The van der Waals surface area contributed by atoms with Gasteiger partial charge in [-0.1, -0.05) is 0 Å². The van der Waals surface area contributed by atoms with Crippen LogP contribution in [0.3, 0.4) is 0 Å². The van der Waals surface area contributed by atoms with E-state index in [0.29, 0.717) is 37.7 Å². The quantitative estimate of drug-likeness (QED) is 0.897. The Kier molecular flexibility index (Phi) is 5.57. The van der Waals surface area contributed by atoms with Crippen LogP contribution in [0.25, 0.3) is 0 Å². The number of ether oxygens (including phenoxy) is 2. The number of aromatic nitrogens is 1. The first-order chi connectivity index (χ1) is 12.1. The lowest BCUT2D eigenvalue weighted by atomic mass is 10.2. The maximum atomic E-state index is 13.7. The summed E-state index contributed by atoms with van der Waals surface area (Å²) in [7, 11) is 0. The third kappa shape index (κ3) is 4.12. The van der Waals surface area contributed by atoms with Crippen molar-refractivity contribution >= 4 is 23.4 Å². The Hall–Kier alpha value is -2.09. The number of hydrogen-bond acceptors (Lipinski definition) is 6. The first-order valence-electron chi connectivity index (χ1n) is 8.75. The lowest BCUT2D eigenvalue weighted by Crippen LogP contribution is -2.37. The third-order valence-corrected chi connectivity index (χ3v) is 4.42. The molecule has 0 aromatic carbocycles. The number of alkyl halides is 1. The van der Waals surface area contributed by atoms with Crippen molar-refractivity contribution in [1.29, 1.82) is 0 Å². The van der Waals surface area contributed by atoms with Gasteiger partial charge in [-0.3, -0.25) is 5.32 Å². The van der Waals surface area contributed by atoms with Crippen molar-refractivity contribution in [2.45, 2.75) is 26.4 Å². The number of halogens is 1. The molecule has 7 nitrogen and oxygen atoms in total. The molecule has 1 N–H and O–H groups in total. The van der Waals surface area contributed by atoms with Gasteiger partial charge in [0, 0.05) is 19.6 Å². The second-order valence-electron chi connectivity index (χ2n) is 6.28. The van der Waals surface area contributed by atoms with Crippen LogP contribution >= 0.6 is 0 Å². The summed E-state index contributed by atoms with van der Waals surface area (Å²) in [6.45, 7) is 7.72. The molecule has 0 bridgehead atoms. The number of aryl methyl sites for hydroxylation is 1. The second-order valence-corrected chi connectivity index (χ2v) is 6.28. The number of nitrogens with one attached hydrogen (secondary N) is 1. The largest absolute Gasteiger partial charge is 0.450 e. The van der Waals surface area contributed by atoms with Gasteiger partial charge in [-0.25, -0.2) is 14.2 Å². The van der Waals surface area contributed by atoms with E-state index in [0.717, 1.165) is 24.5 Å². The molecule has 2 aliphatic heterocycles. The molecule has 2 aliphatic rings. The molecular formula is C17H25FN4O3. The van der Waals surface area contributed by atoms with Crippen LogP contribution in [0.5, 0.6) is 0 Å². The Bertz CT molecular complexity index is 622. The Morgan fingerprint density at radius 2 is 2.12 bits per heavy atom. The van der Waals surface area contributed by atoms with Gasteiger partial charge in [0.25, 0.3) is 0 Å². The predicted molar refractivity (Wildman–Crippen MR) is 94.4 cm³/mol. The number of carbonyl (C=O) groups excluding carboxylic acids is 1. The van der Waals surface area contributed by atoms with Gasteiger partial charge in [0.1, 0.15) is 12.0 Å². The predicted octanol–water partition coefficient (Wildman–Crippen LogP) is 2.34. The van der Waals surface area contributed by atoms with E-state index in [9.17, 15) is 9.18 Å². The van der Waals surface area contributed by atoms with E-state index in [1.54, 1.807) is 6.92 Å². The van der Waals surface area contributed by atoms with Crippen LogP contribution in [0.1, 0.15) is 18.9 Å². The molecule has 0 saturated carbocycles. The van der Waals surface area contributed by atoms with Gasteiger partial charge in [0.05, 0.1) is 32.1 Å². The van der Waals surface area contributed by atoms with Crippen molar-refractivity contribution in [3.05, 3.63) is 11.6 Å². The fraction of sp³-hybridized carbons (Fsp3) is 0.647. The molecule has 1 amide bonds. The fourth-order valence-electron chi connectivity index (χ4n) is 3.21. The highest BCUT2D eigenvalue weighted by molar-refractivity contribution is 5.89. The van der Waals surface area contributed by atoms with Crippen LogP contribution in [0.2, 0.25) is 0 Å². The molecule has 1 unspecified atom stereocenters. The number of pyridine rings is 1. The van der Waals surface area contributed by atoms with E-state index < -0.39 is 12.3 Å². The number of carbonyl (C=O) groups is 1. The first kappa shape index (κ1) is 17.7. The van der Waals surface area contributed by atoms with Gasteiger partial charge in [-0.15, -0.1) is 0 Å². The van der Waals surface area contributed by atoms with Crippen LogP contribution < -0.4 is 15.1 Å². The molecule has 1 atom stereocenters.